The first kappa shape index (κ1) is 7.27. The van der Waals surface area contributed by atoms with Gasteiger partial charge in [0.25, 0.3) is 0 Å². The van der Waals surface area contributed by atoms with E-state index in [1.165, 1.54) is 0 Å². The van der Waals surface area contributed by atoms with Gasteiger partial charge in [0, 0.05) is 6.54 Å². The summed E-state index contributed by atoms with van der Waals surface area (Å²) in [6.45, 7) is 4.43. The van der Waals surface area contributed by atoms with Crippen molar-refractivity contribution in [1.82, 2.24) is 5.32 Å². The van der Waals surface area contributed by atoms with Gasteiger partial charge in [-0.3, -0.25) is 0 Å². The fourth-order valence-electron chi connectivity index (χ4n) is 0.264. The lowest BCUT2D eigenvalue weighted by Crippen LogP contribution is -2.31. The first-order chi connectivity index (χ1) is 3.63. The van der Waals surface area contributed by atoms with Gasteiger partial charge < -0.3 is 11.1 Å². The van der Waals surface area contributed by atoms with E-state index in [4.69, 9.17) is 5.73 Å². The third-order valence-corrected chi connectivity index (χ3v) is 0.616. The molecule has 0 saturated heterocycles. The molecule has 0 spiro atoms. The second-order valence-corrected chi connectivity index (χ2v) is 1.92. The van der Waals surface area contributed by atoms with Crippen LogP contribution >= 0.6 is 0 Å². The van der Waals surface area contributed by atoms with Gasteiger partial charge in [0.15, 0.2) is 0 Å². The molecule has 0 unspecified atom stereocenters. The van der Waals surface area contributed by atoms with Gasteiger partial charge in [-0.25, -0.2) is 4.79 Å². The number of carbonyl (C=O) groups excluding carboxylic acids is 1. The molecular weight excluding hydrogens is 104 g/mol. The number of urea groups is 1. The zero-order valence-corrected chi connectivity index (χ0v) is 5.19. The molecule has 0 aliphatic carbocycles. The summed E-state index contributed by atoms with van der Waals surface area (Å²) in [4.78, 5) is 10.0. The lowest BCUT2D eigenvalue weighted by Gasteiger charge is -2.01. The summed E-state index contributed by atoms with van der Waals surface area (Å²) in [5.74, 6) is 1.14. The first-order valence-corrected chi connectivity index (χ1v) is 2.45. The minimum atomic E-state index is -0.466. The molecule has 0 bridgehead atoms. The van der Waals surface area contributed by atoms with E-state index < -0.39 is 6.03 Å². The molecule has 0 heterocycles. The highest BCUT2D eigenvalue weighted by atomic mass is 16.2. The molecule has 0 aromatic carbocycles. The number of nitrogens with one attached hydrogen (secondary N) is 1. The normalized spacial score (nSPS) is 9.38. The van der Waals surface area contributed by atoms with Gasteiger partial charge in [-0.05, 0) is 5.92 Å². The minimum absolute atomic E-state index is 0.466. The molecule has 0 aromatic rings. The predicted molar refractivity (Wildman–Crippen MR) is 32.2 cm³/mol. The van der Waals surface area contributed by atoms with Gasteiger partial charge in [0.1, 0.15) is 0 Å². The average Bonchev–Trinajstić information content (AvgIpc) is 1.61. The van der Waals surface area contributed by atoms with Crippen molar-refractivity contribution in [3.8, 4) is 0 Å². The van der Waals surface area contributed by atoms with E-state index in [1.54, 1.807) is 0 Å². The molecule has 47 valence electrons. The largest absolute Gasteiger partial charge is 0.352 e. The molecule has 0 aliphatic heterocycles. The quantitative estimate of drug-likeness (QED) is 0.533. The van der Waals surface area contributed by atoms with E-state index in [0.29, 0.717) is 6.54 Å². The summed E-state index contributed by atoms with van der Waals surface area (Å²) in [5.41, 5.74) is 4.78. The molecule has 2 amide bonds. The lowest BCUT2D eigenvalue weighted by molar-refractivity contribution is 0.249. The molecule has 0 rings (SSSR count). The average molecular weight is 115 g/mol. The van der Waals surface area contributed by atoms with Crippen LogP contribution in [0, 0.1) is 5.92 Å². The zero-order valence-electron chi connectivity index (χ0n) is 5.19. The molecule has 0 aliphatic rings. The van der Waals surface area contributed by atoms with Crippen molar-refractivity contribution in [3.05, 3.63) is 5.92 Å². The summed E-state index contributed by atoms with van der Waals surface area (Å²) in [5, 5.41) is 2.45. The van der Waals surface area contributed by atoms with Crippen LogP contribution in [0.3, 0.4) is 0 Å². The van der Waals surface area contributed by atoms with Gasteiger partial charge in [-0.2, -0.15) is 0 Å². The summed E-state index contributed by atoms with van der Waals surface area (Å²) >= 11 is 0. The maximum Gasteiger partial charge on any atom is 0.312 e. The molecule has 0 atom stereocenters. The summed E-state index contributed by atoms with van der Waals surface area (Å²) < 4.78 is 0. The molecule has 1 radical (unpaired) electrons. The van der Waals surface area contributed by atoms with Crippen molar-refractivity contribution in [2.45, 2.75) is 13.8 Å². The van der Waals surface area contributed by atoms with Gasteiger partial charge in [-0.15, -0.1) is 0 Å². The maximum atomic E-state index is 10.0. The highest BCUT2D eigenvalue weighted by Crippen LogP contribution is 1.88. The Hall–Kier alpha value is -0.730. The Morgan fingerprint density at radius 1 is 1.62 bits per heavy atom. The van der Waals surface area contributed by atoms with E-state index in [-0.39, 0.29) is 0 Å². The van der Waals surface area contributed by atoms with Crippen molar-refractivity contribution >= 4 is 6.03 Å². The summed E-state index contributed by atoms with van der Waals surface area (Å²) in [6.07, 6.45) is 0. The van der Waals surface area contributed by atoms with Crippen LogP contribution in [-0.2, 0) is 0 Å². The molecule has 0 fully saturated rings. The summed E-state index contributed by atoms with van der Waals surface area (Å²) in [6, 6.07) is -0.466. The van der Waals surface area contributed by atoms with Crippen molar-refractivity contribution in [1.29, 1.82) is 0 Å². The Balaban J connectivity index is 3.05. The standard InChI is InChI=1S/C5H11N2O/c1-4(2)3-7-5(6)8/h3H2,1-2H3,(H3,6,7,8). The molecule has 3 N–H and O–H groups in total. The van der Waals surface area contributed by atoms with E-state index in [2.05, 4.69) is 5.32 Å². The number of hydrogen-bond donors (Lipinski definition) is 2. The Labute approximate surface area is 49.3 Å². The predicted octanol–water partition coefficient (Wildman–Crippen LogP) is 0.269. The zero-order chi connectivity index (χ0) is 6.57. The Morgan fingerprint density at radius 3 is 2.25 bits per heavy atom. The topological polar surface area (TPSA) is 55.1 Å². The molecular formula is C5H11N2O. The van der Waals surface area contributed by atoms with Gasteiger partial charge >= 0.3 is 6.03 Å². The van der Waals surface area contributed by atoms with Gasteiger partial charge in [-0.1, -0.05) is 13.8 Å². The number of hydrogen-bond acceptors (Lipinski definition) is 1. The first-order valence-electron chi connectivity index (χ1n) is 2.45. The SMILES string of the molecule is C[C](C)CNC(N)=O. The molecule has 0 aromatic heterocycles. The number of carbonyl (C=O) groups is 1. The Morgan fingerprint density at radius 2 is 2.12 bits per heavy atom. The molecule has 0 saturated carbocycles. The van der Waals surface area contributed by atoms with E-state index in [1.807, 2.05) is 13.8 Å². The molecule has 8 heavy (non-hydrogen) atoms. The van der Waals surface area contributed by atoms with Crippen LogP contribution in [0.2, 0.25) is 0 Å². The third kappa shape index (κ3) is 5.27. The number of rotatable bonds is 2. The van der Waals surface area contributed by atoms with Crippen LogP contribution in [0.5, 0.6) is 0 Å². The number of nitrogens with two attached hydrogens (primary N) is 1. The van der Waals surface area contributed by atoms with Crippen molar-refractivity contribution in [2.24, 2.45) is 5.73 Å². The Bertz CT molecular complexity index is 80.5. The number of primary amides is 1. The number of amides is 2. The van der Waals surface area contributed by atoms with Crippen molar-refractivity contribution in [3.63, 3.8) is 0 Å². The monoisotopic (exact) mass is 115 g/mol. The van der Waals surface area contributed by atoms with Crippen LogP contribution in [0.15, 0.2) is 0 Å². The lowest BCUT2D eigenvalue weighted by atomic mass is 10.2. The molecule has 3 heteroatoms. The minimum Gasteiger partial charge on any atom is -0.352 e. The van der Waals surface area contributed by atoms with Crippen molar-refractivity contribution < 1.29 is 4.79 Å². The van der Waals surface area contributed by atoms with Crippen LogP contribution < -0.4 is 11.1 Å². The van der Waals surface area contributed by atoms with Gasteiger partial charge in [0.05, 0.1) is 0 Å². The van der Waals surface area contributed by atoms with Crippen molar-refractivity contribution in [2.75, 3.05) is 6.54 Å². The third-order valence-electron chi connectivity index (χ3n) is 0.616. The fraction of sp³-hybridized carbons (Fsp3) is 0.600. The van der Waals surface area contributed by atoms with E-state index >= 15 is 0 Å². The van der Waals surface area contributed by atoms with E-state index in [0.717, 1.165) is 5.92 Å². The second-order valence-electron chi connectivity index (χ2n) is 1.92. The van der Waals surface area contributed by atoms with Crippen LogP contribution in [0.4, 0.5) is 4.79 Å². The fourth-order valence-corrected chi connectivity index (χ4v) is 0.264. The smallest absolute Gasteiger partial charge is 0.312 e. The Kier molecular flexibility index (Phi) is 2.99. The second kappa shape index (κ2) is 3.29. The highest BCUT2D eigenvalue weighted by Gasteiger charge is 1.93. The summed E-state index contributed by atoms with van der Waals surface area (Å²) in [7, 11) is 0. The van der Waals surface area contributed by atoms with Crippen LogP contribution in [-0.4, -0.2) is 12.6 Å². The van der Waals surface area contributed by atoms with Crippen LogP contribution in [0.1, 0.15) is 13.8 Å². The van der Waals surface area contributed by atoms with Crippen LogP contribution in [0.25, 0.3) is 0 Å². The highest BCUT2D eigenvalue weighted by molar-refractivity contribution is 5.71. The molecule has 3 nitrogen and oxygen atoms in total. The van der Waals surface area contributed by atoms with Gasteiger partial charge in [0.2, 0.25) is 0 Å². The van der Waals surface area contributed by atoms with E-state index in [9.17, 15) is 4.79 Å². The maximum absolute atomic E-state index is 10.0.